The predicted molar refractivity (Wildman–Crippen MR) is 81.2 cm³/mol. The molecule has 120 valence electrons. The number of carbonyl (C=O) groups is 2. The van der Waals surface area contributed by atoms with E-state index in [1.807, 2.05) is 6.92 Å². The van der Waals surface area contributed by atoms with Crippen LogP contribution in [0, 0.1) is 0 Å². The Hall–Kier alpha value is -0.950. The number of carboxylic acid groups (broad SMARTS) is 1. The molecule has 2 fully saturated rings. The zero-order valence-electron chi connectivity index (χ0n) is 12.3. The Labute approximate surface area is 129 Å². The number of carbonyl (C=O) groups excluding carboxylic acids is 1. The predicted octanol–water partition coefficient (Wildman–Crippen LogP) is 1.63. The molecule has 1 heterocycles. The minimum Gasteiger partial charge on any atom is -0.480 e. The molecule has 0 aromatic heterocycles. The number of aliphatic hydroxyl groups excluding tert-OH is 1. The molecule has 21 heavy (non-hydrogen) atoms. The summed E-state index contributed by atoms with van der Waals surface area (Å²) in [7, 11) is 0. The molecule has 0 bridgehead atoms. The first-order valence-electron chi connectivity index (χ1n) is 7.66. The van der Waals surface area contributed by atoms with Gasteiger partial charge in [0.1, 0.15) is 6.04 Å². The zero-order valence-corrected chi connectivity index (χ0v) is 13.1. The van der Waals surface area contributed by atoms with Crippen LogP contribution in [-0.2, 0) is 4.79 Å². The van der Waals surface area contributed by atoms with Crippen LogP contribution >= 0.6 is 11.8 Å². The molecule has 1 aliphatic carbocycles. The van der Waals surface area contributed by atoms with Crippen molar-refractivity contribution in [1.29, 1.82) is 0 Å². The fraction of sp³-hybridized carbons (Fsp3) is 0.857. The molecular weight excluding hydrogens is 292 g/mol. The van der Waals surface area contributed by atoms with E-state index >= 15 is 0 Å². The minimum absolute atomic E-state index is 0.0863. The van der Waals surface area contributed by atoms with Crippen LogP contribution in [0.25, 0.3) is 0 Å². The van der Waals surface area contributed by atoms with E-state index in [0.717, 1.165) is 32.1 Å². The number of aliphatic carboxylic acids is 1. The number of carboxylic acids is 1. The molecule has 0 aromatic rings. The quantitative estimate of drug-likeness (QED) is 0.733. The molecular formula is C14H24N2O4S. The summed E-state index contributed by atoms with van der Waals surface area (Å²) in [6.07, 6.45) is 4.58. The summed E-state index contributed by atoms with van der Waals surface area (Å²) < 4.78 is 0. The maximum atomic E-state index is 12.5. The van der Waals surface area contributed by atoms with Crippen molar-refractivity contribution < 1.29 is 19.8 Å². The molecule has 2 rings (SSSR count). The highest BCUT2D eigenvalue weighted by Gasteiger charge is 2.42. The lowest BCUT2D eigenvalue weighted by Gasteiger charge is -2.33. The molecule has 1 saturated carbocycles. The molecule has 1 saturated heterocycles. The minimum atomic E-state index is -0.958. The Morgan fingerprint density at radius 1 is 1.33 bits per heavy atom. The largest absolute Gasteiger partial charge is 0.480 e. The second-order valence-electron chi connectivity index (χ2n) is 5.75. The van der Waals surface area contributed by atoms with Crippen molar-refractivity contribution in [1.82, 2.24) is 10.2 Å². The highest BCUT2D eigenvalue weighted by Crippen LogP contribution is 2.32. The first-order valence-corrected chi connectivity index (χ1v) is 8.70. The third-order valence-corrected chi connectivity index (χ3v) is 5.54. The maximum absolute atomic E-state index is 12.5. The molecule has 3 N–H and O–H groups in total. The van der Waals surface area contributed by atoms with E-state index in [1.165, 1.54) is 16.7 Å². The van der Waals surface area contributed by atoms with Crippen molar-refractivity contribution in [2.75, 3.05) is 5.75 Å². The number of aliphatic hydroxyl groups is 1. The van der Waals surface area contributed by atoms with Crippen molar-refractivity contribution in [3.8, 4) is 0 Å². The summed E-state index contributed by atoms with van der Waals surface area (Å²) in [5.74, 6) is -0.527. The van der Waals surface area contributed by atoms with Gasteiger partial charge in [0.05, 0.1) is 17.5 Å². The third-order valence-electron chi connectivity index (χ3n) is 4.19. The molecule has 0 spiro atoms. The van der Waals surface area contributed by atoms with E-state index in [4.69, 9.17) is 0 Å². The summed E-state index contributed by atoms with van der Waals surface area (Å²) in [5.41, 5.74) is 0. The second-order valence-corrected chi connectivity index (χ2v) is 6.96. The first kappa shape index (κ1) is 16.4. The van der Waals surface area contributed by atoms with Crippen molar-refractivity contribution in [2.24, 2.45) is 0 Å². The van der Waals surface area contributed by atoms with Gasteiger partial charge >= 0.3 is 12.0 Å². The van der Waals surface area contributed by atoms with Crippen molar-refractivity contribution in [3.05, 3.63) is 0 Å². The third kappa shape index (κ3) is 3.83. The number of hydrogen-bond donors (Lipinski definition) is 3. The van der Waals surface area contributed by atoms with Crippen LogP contribution in [-0.4, -0.2) is 56.4 Å². The van der Waals surface area contributed by atoms with Crippen molar-refractivity contribution in [2.45, 2.75) is 69.0 Å². The van der Waals surface area contributed by atoms with Crippen molar-refractivity contribution >= 4 is 23.8 Å². The summed E-state index contributed by atoms with van der Waals surface area (Å²) in [6.45, 7) is 2.02. The van der Waals surface area contributed by atoms with Gasteiger partial charge in [-0.05, 0) is 19.3 Å². The van der Waals surface area contributed by atoms with Crippen LogP contribution in [0.5, 0.6) is 0 Å². The molecule has 2 amide bonds. The number of nitrogens with zero attached hydrogens (tertiary/aromatic N) is 1. The van der Waals surface area contributed by atoms with Gasteiger partial charge in [0, 0.05) is 5.75 Å². The topological polar surface area (TPSA) is 89.9 Å². The fourth-order valence-corrected chi connectivity index (χ4v) is 4.52. The van der Waals surface area contributed by atoms with Crippen LogP contribution in [0.15, 0.2) is 0 Å². The molecule has 1 aliphatic heterocycles. The van der Waals surface area contributed by atoms with Gasteiger partial charge in [-0.3, -0.25) is 4.90 Å². The lowest BCUT2D eigenvalue weighted by molar-refractivity contribution is -0.141. The number of rotatable bonds is 4. The average molecular weight is 316 g/mol. The normalized spacial score (nSPS) is 33.0. The molecule has 0 aromatic carbocycles. The lowest BCUT2D eigenvalue weighted by atomic mass is 9.93. The molecule has 4 atom stereocenters. The molecule has 0 radical (unpaired) electrons. The first-order chi connectivity index (χ1) is 10.0. The van der Waals surface area contributed by atoms with E-state index in [2.05, 4.69) is 5.32 Å². The summed E-state index contributed by atoms with van der Waals surface area (Å²) >= 11 is 1.52. The molecule has 2 aliphatic rings. The SMILES string of the molecule is CCCC1SCC(C(=O)O)N1C(=O)NC1CCCCC1O. The van der Waals surface area contributed by atoms with Gasteiger partial charge in [0.15, 0.2) is 0 Å². The van der Waals surface area contributed by atoms with Crippen LogP contribution in [0.3, 0.4) is 0 Å². The van der Waals surface area contributed by atoms with Crippen LogP contribution < -0.4 is 5.32 Å². The molecule has 7 heteroatoms. The van der Waals surface area contributed by atoms with E-state index in [1.54, 1.807) is 0 Å². The van der Waals surface area contributed by atoms with Crippen LogP contribution in [0.4, 0.5) is 4.79 Å². The number of thioether (sulfide) groups is 1. The summed E-state index contributed by atoms with van der Waals surface area (Å²) in [5, 5.41) is 22.0. The van der Waals surface area contributed by atoms with E-state index in [0.29, 0.717) is 12.2 Å². The number of amides is 2. The van der Waals surface area contributed by atoms with Gasteiger partial charge in [0.2, 0.25) is 0 Å². The van der Waals surface area contributed by atoms with E-state index in [9.17, 15) is 19.8 Å². The van der Waals surface area contributed by atoms with Gasteiger partial charge < -0.3 is 15.5 Å². The van der Waals surface area contributed by atoms with Gasteiger partial charge in [-0.15, -0.1) is 11.8 Å². The van der Waals surface area contributed by atoms with Gasteiger partial charge in [-0.1, -0.05) is 26.2 Å². The smallest absolute Gasteiger partial charge is 0.327 e. The zero-order chi connectivity index (χ0) is 15.4. The Morgan fingerprint density at radius 2 is 2.05 bits per heavy atom. The Bertz CT molecular complexity index is 393. The summed E-state index contributed by atoms with van der Waals surface area (Å²) in [6, 6.07) is -1.38. The molecule has 6 nitrogen and oxygen atoms in total. The highest BCUT2D eigenvalue weighted by molar-refractivity contribution is 8.00. The van der Waals surface area contributed by atoms with Gasteiger partial charge in [-0.2, -0.15) is 0 Å². The van der Waals surface area contributed by atoms with E-state index < -0.39 is 18.1 Å². The van der Waals surface area contributed by atoms with Crippen molar-refractivity contribution in [3.63, 3.8) is 0 Å². The van der Waals surface area contributed by atoms with Crippen LogP contribution in [0.2, 0.25) is 0 Å². The van der Waals surface area contributed by atoms with E-state index in [-0.39, 0.29) is 17.4 Å². The van der Waals surface area contributed by atoms with Crippen LogP contribution in [0.1, 0.15) is 45.4 Å². The number of urea groups is 1. The average Bonchev–Trinajstić information content (AvgIpc) is 2.86. The Kier molecular flexibility index (Phi) is 5.75. The Balaban J connectivity index is 2.03. The molecule has 4 unspecified atom stereocenters. The standard InChI is InChI=1S/C14H24N2O4S/c1-2-5-12-16(10(8-21-12)13(18)19)14(20)15-9-6-3-4-7-11(9)17/h9-12,17H,2-8H2,1H3,(H,15,20)(H,18,19). The lowest BCUT2D eigenvalue weighted by Crippen LogP contribution is -2.55. The maximum Gasteiger partial charge on any atom is 0.327 e. The van der Waals surface area contributed by atoms with Gasteiger partial charge in [-0.25, -0.2) is 9.59 Å². The number of nitrogens with one attached hydrogen (secondary N) is 1. The fourth-order valence-electron chi connectivity index (χ4n) is 3.01. The second kappa shape index (κ2) is 7.35. The number of hydrogen-bond acceptors (Lipinski definition) is 4. The van der Waals surface area contributed by atoms with Gasteiger partial charge in [0.25, 0.3) is 0 Å². The Morgan fingerprint density at radius 3 is 2.67 bits per heavy atom. The highest BCUT2D eigenvalue weighted by atomic mass is 32.2. The monoisotopic (exact) mass is 316 g/mol. The summed E-state index contributed by atoms with van der Waals surface area (Å²) in [4.78, 5) is 25.3.